The van der Waals surface area contributed by atoms with Gasteiger partial charge in [0.15, 0.2) is 0 Å². The molecule has 4 aromatic rings. The van der Waals surface area contributed by atoms with Crippen LogP contribution in [-0.4, -0.2) is 51.9 Å². The average Bonchev–Trinajstić information content (AvgIpc) is 2.88. The maximum atomic E-state index is 12.9. The van der Waals surface area contributed by atoms with E-state index in [9.17, 15) is 14.9 Å². The Morgan fingerprint density at radius 1 is 0.912 bits per heavy atom. The van der Waals surface area contributed by atoms with Crippen molar-refractivity contribution in [2.45, 2.75) is 0 Å². The van der Waals surface area contributed by atoms with Crippen LogP contribution in [0, 0.1) is 10.1 Å². The lowest BCUT2D eigenvalue weighted by Crippen LogP contribution is -2.49. The van der Waals surface area contributed by atoms with E-state index in [4.69, 9.17) is 21.6 Å². The smallest absolute Gasteiger partial charge is 0.269 e. The molecule has 0 radical (unpaired) electrons. The van der Waals surface area contributed by atoms with Crippen molar-refractivity contribution in [1.82, 2.24) is 14.9 Å². The van der Waals surface area contributed by atoms with Crippen LogP contribution >= 0.6 is 11.6 Å². The Balaban J connectivity index is 1.38. The molecule has 0 spiro atoms. The summed E-state index contributed by atoms with van der Waals surface area (Å²) in [7, 11) is 0. The fraction of sp³-hybridized carbons (Fsp3) is 0.160. The zero-order valence-corrected chi connectivity index (χ0v) is 18.9. The largest absolute Gasteiger partial charge is 0.337 e. The second kappa shape index (κ2) is 9.07. The van der Waals surface area contributed by atoms with E-state index >= 15 is 0 Å². The van der Waals surface area contributed by atoms with Crippen LogP contribution in [0.2, 0.25) is 5.02 Å². The molecule has 0 saturated carbocycles. The molecule has 1 aliphatic heterocycles. The predicted molar refractivity (Wildman–Crippen MR) is 131 cm³/mol. The fourth-order valence-electron chi connectivity index (χ4n) is 4.06. The van der Waals surface area contributed by atoms with Crippen molar-refractivity contribution in [2.24, 2.45) is 0 Å². The Morgan fingerprint density at radius 2 is 1.62 bits per heavy atom. The first-order chi connectivity index (χ1) is 16.5. The monoisotopic (exact) mass is 473 g/mol. The van der Waals surface area contributed by atoms with Crippen LogP contribution < -0.4 is 4.90 Å². The van der Waals surface area contributed by atoms with Gasteiger partial charge in [-0.05, 0) is 30.3 Å². The van der Waals surface area contributed by atoms with Gasteiger partial charge in [0.05, 0.1) is 16.1 Å². The van der Waals surface area contributed by atoms with Gasteiger partial charge in [-0.3, -0.25) is 14.9 Å². The minimum absolute atomic E-state index is 0.0367. The highest BCUT2D eigenvalue weighted by atomic mass is 35.5. The number of piperazine rings is 1. The highest BCUT2D eigenvalue weighted by Gasteiger charge is 2.25. The van der Waals surface area contributed by atoms with Crippen LogP contribution in [0.4, 0.5) is 11.6 Å². The molecule has 1 amide bonds. The molecule has 1 saturated heterocycles. The summed E-state index contributed by atoms with van der Waals surface area (Å²) in [5, 5.41) is 12.4. The van der Waals surface area contributed by atoms with Gasteiger partial charge in [0.25, 0.3) is 11.6 Å². The Bertz CT molecular complexity index is 1370. The lowest BCUT2D eigenvalue weighted by Gasteiger charge is -2.35. The quantitative estimate of drug-likeness (QED) is 0.311. The van der Waals surface area contributed by atoms with E-state index in [0.29, 0.717) is 42.7 Å². The van der Waals surface area contributed by atoms with Gasteiger partial charge >= 0.3 is 0 Å². The molecular weight excluding hydrogens is 454 g/mol. The first-order valence-corrected chi connectivity index (χ1v) is 11.2. The van der Waals surface area contributed by atoms with E-state index in [-0.39, 0.29) is 11.6 Å². The third-order valence-corrected chi connectivity index (χ3v) is 6.10. The lowest BCUT2D eigenvalue weighted by atomic mass is 10.1. The highest BCUT2D eigenvalue weighted by Crippen LogP contribution is 2.30. The number of nitro benzene ring substituents is 1. The number of hydrogen-bond donors (Lipinski definition) is 0. The number of nitrogens with zero attached hydrogens (tertiary/aromatic N) is 5. The van der Waals surface area contributed by atoms with E-state index < -0.39 is 4.92 Å². The number of non-ortho nitro benzene ring substituents is 1. The van der Waals surface area contributed by atoms with Gasteiger partial charge in [-0.2, -0.15) is 0 Å². The maximum Gasteiger partial charge on any atom is 0.269 e. The van der Waals surface area contributed by atoms with Crippen molar-refractivity contribution >= 4 is 40.0 Å². The van der Waals surface area contributed by atoms with Gasteiger partial charge in [0, 0.05) is 59.8 Å². The summed E-state index contributed by atoms with van der Waals surface area (Å²) in [4.78, 5) is 36.7. The molecule has 3 aromatic carbocycles. The van der Waals surface area contributed by atoms with Crippen LogP contribution in [-0.2, 0) is 0 Å². The predicted octanol–water partition coefficient (Wildman–Crippen LogP) is 4.82. The Morgan fingerprint density at radius 3 is 2.29 bits per heavy atom. The van der Waals surface area contributed by atoms with E-state index in [0.717, 1.165) is 22.2 Å². The van der Waals surface area contributed by atoms with Crippen molar-refractivity contribution in [3.63, 3.8) is 0 Å². The number of anilines is 1. The first-order valence-electron chi connectivity index (χ1n) is 10.8. The third-order valence-electron chi connectivity index (χ3n) is 5.87. The average molecular weight is 474 g/mol. The second-order valence-corrected chi connectivity index (χ2v) is 8.42. The molecule has 0 unspecified atom stereocenters. The molecule has 0 N–H and O–H groups in total. The summed E-state index contributed by atoms with van der Waals surface area (Å²) in [5.74, 6) is 0.463. The summed E-state index contributed by atoms with van der Waals surface area (Å²) in [6.07, 6.45) is 0. The number of rotatable bonds is 4. The number of carbonyl (C=O) groups is 1. The Labute approximate surface area is 200 Å². The van der Waals surface area contributed by atoms with Crippen molar-refractivity contribution in [3.05, 3.63) is 93.5 Å². The molecule has 9 heteroatoms. The second-order valence-electron chi connectivity index (χ2n) is 7.98. The van der Waals surface area contributed by atoms with Gasteiger partial charge in [0.2, 0.25) is 5.95 Å². The lowest BCUT2D eigenvalue weighted by molar-refractivity contribution is -0.384. The van der Waals surface area contributed by atoms with E-state index in [1.807, 2.05) is 48.5 Å². The molecule has 8 nitrogen and oxygen atoms in total. The number of halogens is 1. The number of hydrogen-bond acceptors (Lipinski definition) is 6. The molecule has 170 valence electrons. The van der Waals surface area contributed by atoms with Crippen LogP contribution in [0.3, 0.4) is 0 Å². The number of fused-ring (bicyclic) bond motifs is 1. The van der Waals surface area contributed by atoms with Crippen molar-refractivity contribution < 1.29 is 9.72 Å². The molecule has 1 aliphatic rings. The van der Waals surface area contributed by atoms with Gasteiger partial charge in [0.1, 0.15) is 0 Å². The molecule has 0 bridgehead atoms. The summed E-state index contributed by atoms with van der Waals surface area (Å²) >= 11 is 6.25. The number of carbonyl (C=O) groups excluding carboxylic acids is 1. The van der Waals surface area contributed by atoms with E-state index in [1.54, 1.807) is 4.90 Å². The van der Waals surface area contributed by atoms with Crippen LogP contribution in [0.1, 0.15) is 10.4 Å². The molecule has 0 aliphatic carbocycles. The minimum Gasteiger partial charge on any atom is -0.337 e. The maximum absolute atomic E-state index is 12.9. The molecule has 34 heavy (non-hydrogen) atoms. The van der Waals surface area contributed by atoms with Gasteiger partial charge in [-0.15, -0.1) is 0 Å². The summed E-state index contributed by atoms with van der Waals surface area (Å²) in [6, 6.07) is 21.2. The zero-order chi connectivity index (χ0) is 23.7. The Hall–Kier alpha value is -4.04. The molecule has 5 rings (SSSR count). The normalized spacial score (nSPS) is 13.8. The molecule has 0 atom stereocenters. The van der Waals surface area contributed by atoms with Crippen molar-refractivity contribution in [3.8, 4) is 11.3 Å². The molecular formula is C25H20ClN5O3. The van der Waals surface area contributed by atoms with Crippen LogP contribution in [0.15, 0.2) is 72.8 Å². The van der Waals surface area contributed by atoms with Crippen LogP contribution in [0.5, 0.6) is 0 Å². The van der Waals surface area contributed by atoms with Crippen molar-refractivity contribution in [1.29, 1.82) is 0 Å². The molecule has 2 heterocycles. The SMILES string of the molecule is O=C(c1ccc([N+](=O)[O-])cc1)N1CCN(c2nc(-c3ccccc3)c3cc(Cl)ccc3n2)CC1. The van der Waals surface area contributed by atoms with Gasteiger partial charge in [-0.25, -0.2) is 9.97 Å². The van der Waals surface area contributed by atoms with E-state index in [2.05, 4.69) is 4.90 Å². The number of aromatic nitrogens is 2. The third kappa shape index (κ3) is 4.27. The van der Waals surface area contributed by atoms with Gasteiger partial charge < -0.3 is 9.80 Å². The topological polar surface area (TPSA) is 92.5 Å². The standard InChI is InChI=1S/C25H20ClN5O3/c26-19-8-11-22-21(16-19)23(17-4-2-1-3-5-17)28-25(27-22)30-14-12-29(13-15-30)24(32)18-6-9-20(10-7-18)31(33)34/h1-11,16H,12-15H2. The number of benzene rings is 3. The van der Waals surface area contributed by atoms with E-state index in [1.165, 1.54) is 24.3 Å². The number of amides is 1. The minimum atomic E-state index is -0.478. The van der Waals surface area contributed by atoms with Gasteiger partial charge in [-0.1, -0.05) is 41.9 Å². The zero-order valence-electron chi connectivity index (χ0n) is 18.1. The Kier molecular flexibility index (Phi) is 5.81. The summed E-state index contributed by atoms with van der Waals surface area (Å²) < 4.78 is 0. The van der Waals surface area contributed by atoms with Crippen LogP contribution in [0.25, 0.3) is 22.2 Å². The fourth-order valence-corrected chi connectivity index (χ4v) is 4.24. The molecule has 1 fully saturated rings. The first kappa shape index (κ1) is 21.8. The summed E-state index contributed by atoms with van der Waals surface area (Å²) in [6.45, 7) is 2.15. The molecule has 1 aromatic heterocycles. The van der Waals surface area contributed by atoms with Crippen molar-refractivity contribution in [2.75, 3.05) is 31.1 Å². The highest BCUT2D eigenvalue weighted by molar-refractivity contribution is 6.31. The summed E-state index contributed by atoms with van der Waals surface area (Å²) in [5.41, 5.74) is 2.99. The number of nitro groups is 1.